The number of aromatic nitrogens is 2. The molecule has 0 radical (unpaired) electrons. The second-order valence-corrected chi connectivity index (χ2v) is 7.18. The molecule has 3 unspecified atom stereocenters. The van der Waals surface area contributed by atoms with E-state index in [2.05, 4.69) is 10.1 Å². The molecule has 1 aromatic carbocycles. The smallest absolute Gasteiger partial charge is 0.306 e. The number of hydrogen-bond acceptors (Lipinski definition) is 5. The Morgan fingerprint density at radius 2 is 2.08 bits per heavy atom. The molecular weight excluding hydrogens is 304 g/mol. The molecule has 2 saturated carbocycles. The predicted octanol–water partition coefficient (Wildman–Crippen LogP) is 3.91. The molecule has 0 aliphatic heterocycles. The highest BCUT2D eigenvalue weighted by atomic mass is 16.6. The van der Waals surface area contributed by atoms with Crippen molar-refractivity contribution in [3.8, 4) is 11.4 Å². The van der Waals surface area contributed by atoms with Crippen molar-refractivity contribution in [2.24, 2.45) is 17.8 Å². The Labute approximate surface area is 141 Å². The molecule has 2 fully saturated rings. The second-order valence-electron chi connectivity index (χ2n) is 7.18. The van der Waals surface area contributed by atoms with Crippen LogP contribution in [0.3, 0.4) is 0 Å². The van der Waals surface area contributed by atoms with E-state index in [1.54, 1.807) is 0 Å². The summed E-state index contributed by atoms with van der Waals surface area (Å²) in [5.41, 5.74) is 2.07. The summed E-state index contributed by atoms with van der Waals surface area (Å²) in [5, 5.41) is 3.95. The van der Waals surface area contributed by atoms with Crippen LogP contribution in [-0.4, -0.2) is 16.1 Å². The highest BCUT2D eigenvalue weighted by molar-refractivity contribution is 5.69. The Kier molecular flexibility index (Phi) is 4.08. The normalized spacial score (nSPS) is 25.1. The third kappa shape index (κ3) is 3.21. The summed E-state index contributed by atoms with van der Waals surface area (Å²) < 4.78 is 10.5. The van der Waals surface area contributed by atoms with Crippen LogP contribution in [0, 0.1) is 24.7 Å². The maximum atomic E-state index is 12.1. The quantitative estimate of drug-likeness (QED) is 0.779. The first kappa shape index (κ1) is 15.4. The second kappa shape index (κ2) is 6.38. The van der Waals surface area contributed by atoms with Gasteiger partial charge in [-0.05, 0) is 43.9 Å². The first-order chi connectivity index (χ1) is 11.7. The van der Waals surface area contributed by atoms with Gasteiger partial charge >= 0.3 is 5.97 Å². The fraction of sp³-hybridized carbons (Fsp3) is 0.526. The van der Waals surface area contributed by atoms with Crippen molar-refractivity contribution in [1.82, 2.24) is 10.1 Å². The minimum absolute atomic E-state index is 0.0541. The van der Waals surface area contributed by atoms with Gasteiger partial charge in [0.15, 0.2) is 6.61 Å². The molecule has 126 valence electrons. The van der Waals surface area contributed by atoms with Crippen molar-refractivity contribution in [2.75, 3.05) is 0 Å². The minimum atomic E-state index is -0.150. The summed E-state index contributed by atoms with van der Waals surface area (Å²) in [4.78, 5) is 16.3. The Balaban J connectivity index is 1.30. The molecule has 24 heavy (non-hydrogen) atoms. The highest BCUT2D eigenvalue weighted by Gasteiger charge is 2.40. The lowest BCUT2D eigenvalue weighted by atomic mass is 9.86. The summed E-state index contributed by atoms with van der Waals surface area (Å²) in [6, 6.07) is 7.90. The Hall–Kier alpha value is -2.17. The minimum Gasteiger partial charge on any atom is -0.456 e. The van der Waals surface area contributed by atoms with Crippen LogP contribution in [0.5, 0.6) is 0 Å². The van der Waals surface area contributed by atoms with E-state index in [0.29, 0.717) is 24.1 Å². The van der Waals surface area contributed by atoms with Gasteiger partial charge < -0.3 is 9.26 Å². The zero-order valence-electron chi connectivity index (χ0n) is 13.9. The summed E-state index contributed by atoms with van der Waals surface area (Å²) >= 11 is 0. The van der Waals surface area contributed by atoms with Gasteiger partial charge in [-0.2, -0.15) is 4.98 Å². The number of nitrogens with zero attached hydrogens (tertiary/aromatic N) is 2. The van der Waals surface area contributed by atoms with Crippen LogP contribution >= 0.6 is 0 Å². The van der Waals surface area contributed by atoms with Crippen LogP contribution in [0.4, 0.5) is 0 Å². The number of rotatable bonds is 5. The van der Waals surface area contributed by atoms with Crippen LogP contribution in [0.2, 0.25) is 0 Å². The number of fused-ring (bicyclic) bond motifs is 2. The molecule has 0 saturated heterocycles. The zero-order chi connectivity index (χ0) is 16.5. The van der Waals surface area contributed by atoms with Crippen molar-refractivity contribution in [3.05, 3.63) is 35.7 Å². The fourth-order valence-electron chi connectivity index (χ4n) is 4.18. The lowest BCUT2D eigenvalue weighted by molar-refractivity contribution is -0.147. The number of aryl methyl sites for hydroxylation is 1. The van der Waals surface area contributed by atoms with Crippen LogP contribution in [0.1, 0.15) is 43.6 Å². The van der Waals surface area contributed by atoms with E-state index in [1.165, 1.54) is 31.2 Å². The third-order valence-electron chi connectivity index (χ3n) is 5.45. The van der Waals surface area contributed by atoms with Crippen molar-refractivity contribution in [2.45, 2.75) is 45.6 Å². The SMILES string of the molecule is Cc1ccc(-c2noc(COC(=O)CC3CC4CCC3C4)n2)cc1. The van der Waals surface area contributed by atoms with Crippen LogP contribution < -0.4 is 0 Å². The maximum Gasteiger partial charge on any atom is 0.306 e. The molecule has 0 N–H and O–H groups in total. The van der Waals surface area contributed by atoms with Gasteiger partial charge in [0, 0.05) is 12.0 Å². The van der Waals surface area contributed by atoms with E-state index in [9.17, 15) is 4.79 Å². The monoisotopic (exact) mass is 326 g/mol. The van der Waals surface area contributed by atoms with E-state index in [1.807, 2.05) is 31.2 Å². The molecule has 2 aliphatic rings. The molecule has 2 aromatic rings. The average Bonchev–Trinajstić information content (AvgIpc) is 3.30. The molecular formula is C19H22N2O3. The number of esters is 1. The van der Waals surface area contributed by atoms with E-state index in [-0.39, 0.29) is 12.6 Å². The number of carbonyl (C=O) groups is 1. The van der Waals surface area contributed by atoms with Gasteiger partial charge in [0.2, 0.25) is 5.82 Å². The number of benzene rings is 1. The largest absolute Gasteiger partial charge is 0.456 e. The number of ether oxygens (including phenoxy) is 1. The van der Waals surface area contributed by atoms with Gasteiger partial charge in [0.25, 0.3) is 5.89 Å². The molecule has 0 amide bonds. The van der Waals surface area contributed by atoms with Crippen molar-refractivity contribution in [3.63, 3.8) is 0 Å². The van der Waals surface area contributed by atoms with Gasteiger partial charge in [-0.3, -0.25) is 4.79 Å². The summed E-state index contributed by atoms with van der Waals surface area (Å²) in [6.45, 7) is 2.08. The van der Waals surface area contributed by atoms with Gasteiger partial charge in [-0.25, -0.2) is 0 Å². The third-order valence-corrected chi connectivity index (χ3v) is 5.45. The number of carbonyl (C=O) groups excluding carboxylic acids is 1. The molecule has 2 aliphatic carbocycles. The first-order valence-corrected chi connectivity index (χ1v) is 8.72. The molecule has 2 bridgehead atoms. The van der Waals surface area contributed by atoms with E-state index < -0.39 is 0 Å². The summed E-state index contributed by atoms with van der Waals surface area (Å²) in [5.74, 6) is 2.81. The molecule has 5 heteroatoms. The van der Waals surface area contributed by atoms with Crippen molar-refractivity contribution >= 4 is 5.97 Å². The zero-order valence-corrected chi connectivity index (χ0v) is 13.9. The van der Waals surface area contributed by atoms with Crippen LogP contribution in [-0.2, 0) is 16.1 Å². The lowest BCUT2D eigenvalue weighted by Crippen LogP contribution is -2.17. The van der Waals surface area contributed by atoms with E-state index >= 15 is 0 Å². The van der Waals surface area contributed by atoms with Crippen LogP contribution in [0.15, 0.2) is 28.8 Å². The van der Waals surface area contributed by atoms with Crippen molar-refractivity contribution < 1.29 is 14.1 Å². The van der Waals surface area contributed by atoms with Crippen molar-refractivity contribution in [1.29, 1.82) is 0 Å². The molecule has 1 heterocycles. The van der Waals surface area contributed by atoms with Gasteiger partial charge in [-0.1, -0.05) is 41.4 Å². The van der Waals surface area contributed by atoms with Crippen LogP contribution in [0.25, 0.3) is 11.4 Å². The standard InChI is InChI=1S/C19H22N2O3/c1-12-2-5-14(6-3-12)19-20-17(24-21-19)11-23-18(22)10-16-9-13-4-7-15(16)8-13/h2-3,5-6,13,15-16H,4,7-11H2,1H3. The Morgan fingerprint density at radius 3 is 2.79 bits per heavy atom. The topological polar surface area (TPSA) is 65.2 Å². The van der Waals surface area contributed by atoms with E-state index in [0.717, 1.165) is 17.4 Å². The van der Waals surface area contributed by atoms with Gasteiger partial charge in [-0.15, -0.1) is 0 Å². The summed E-state index contributed by atoms with van der Waals surface area (Å²) in [6.07, 6.45) is 5.66. The van der Waals surface area contributed by atoms with Gasteiger partial charge in [0.1, 0.15) is 0 Å². The fourth-order valence-corrected chi connectivity index (χ4v) is 4.18. The molecule has 5 nitrogen and oxygen atoms in total. The van der Waals surface area contributed by atoms with E-state index in [4.69, 9.17) is 9.26 Å². The Morgan fingerprint density at radius 1 is 1.25 bits per heavy atom. The lowest BCUT2D eigenvalue weighted by Gasteiger charge is -2.20. The first-order valence-electron chi connectivity index (χ1n) is 8.72. The maximum absolute atomic E-state index is 12.1. The summed E-state index contributed by atoms with van der Waals surface area (Å²) in [7, 11) is 0. The number of hydrogen-bond donors (Lipinski definition) is 0. The molecule has 1 aromatic heterocycles. The molecule has 0 spiro atoms. The Bertz CT molecular complexity index is 722. The highest BCUT2D eigenvalue weighted by Crippen LogP contribution is 2.49. The molecule has 4 rings (SSSR count). The predicted molar refractivity (Wildman–Crippen MR) is 87.8 cm³/mol. The molecule has 3 atom stereocenters. The van der Waals surface area contributed by atoms with Gasteiger partial charge in [0.05, 0.1) is 0 Å². The average molecular weight is 326 g/mol.